The van der Waals surface area contributed by atoms with Gasteiger partial charge in [0.25, 0.3) is 0 Å². The van der Waals surface area contributed by atoms with Gasteiger partial charge in [0.15, 0.2) is 0 Å². The summed E-state index contributed by atoms with van der Waals surface area (Å²) in [5.41, 5.74) is 0. The van der Waals surface area contributed by atoms with E-state index < -0.39 is 0 Å². The molecule has 0 heterocycles. The van der Waals surface area contributed by atoms with Gasteiger partial charge in [0.2, 0.25) is 0 Å². The summed E-state index contributed by atoms with van der Waals surface area (Å²) in [4.78, 5) is 2.56. The summed E-state index contributed by atoms with van der Waals surface area (Å²) in [5.74, 6) is 0.916. The molecule has 2 atom stereocenters. The Bertz CT molecular complexity index is 183. The molecule has 1 saturated carbocycles. The SMILES string of the molecule is CCC(C)N(CCOC)CC(NC)C1CC1. The van der Waals surface area contributed by atoms with Gasteiger partial charge in [0, 0.05) is 32.3 Å². The number of hydrogen-bond donors (Lipinski definition) is 1. The Balaban J connectivity index is 2.39. The van der Waals surface area contributed by atoms with Gasteiger partial charge < -0.3 is 10.1 Å². The summed E-state index contributed by atoms with van der Waals surface area (Å²) in [6.07, 6.45) is 4.03. The summed E-state index contributed by atoms with van der Waals surface area (Å²) >= 11 is 0. The molecule has 3 heteroatoms. The van der Waals surface area contributed by atoms with Crippen LogP contribution in [0, 0.1) is 5.92 Å². The normalized spacial score (nSPS) is 20.1. The molecule has 0 aliphatic heterocycles. The lowest BCUT2D eigenvalue weighted by molar-refractivity contribution is 0.112. The lowest BCUT2D eigenvalue weighted by Crippen LogP contribution is -2.45. The van der Waals surface area contributed by atoms with E-state index in [-0.39, 0.29) is 0 Å². The van der Waals surface area contributed by atoms with Gasteiger partial charge in [-0.15, -0.1) is 0 Å². The molecule has 0 aromatic carbocycles. The Hall–Kier alpha value is -0.120. The summed E-state index contributed by atoms with van der Waals surface area (Å²) < 4.78 is 5.20. The van der Waals surface area contributed by atoms with E-state index in [9.17, 15) is 0 Å². The van der Waals surface area contributed by atoms with Crippen molar-refractivity contribution in [2.24, 2.45) is 5.92 Å². The molecule has 1 aliphatic carbocycles. The van der Waals surface area contributed by atoms with E-state index in [0.717, 1.165) is 19.1 Å². The molecule has 0 aromatic heterocycles. The lowest BCUT2D eigenvalue weighted by atomic mass is 10.1. The largest absolute Gasteiger partial charge is 0.383 e. The topological polar surface area (TPSA) is 24.5 Å². The Kier molecular flexibility index (Phi) is 6.32. The third-order valence-corrected chi connectivity index (χ3v) is 3.79. The van der Waals surface area contributed by atoms with Gasteiger partial charge in [0.05, 0.1) is 6.61 Å². The average Bonchev–Trinajstić information content (AvgIpc) is 3.12. The van der Waals surface area contributed by atoms with Crippen molar-refractivity contribution < 1.29 is 4.74 Å². The van der Waals surface area contributed by atoms with Crippen molar-refractivity contribution in [1.29, 1.82) is 0 Å². The molecule has 1 fully saturated rings. The fourth-order valence-electron chi connectivity index (χ4n) is 2.19. The molecule has 16 heavy (non-hydrogen) atoms. The minimum absolute atomic E-state index is 0.657. The second-order valence-corrected chi connectivity index (χ2v) is 4.98. The predicted octanol–water partition coefficient (Wildman–Crippen LogP) is 1.73. The lowest BCUT2D eigenvalue weighted by Gasteiger charge is -2.32. The Morgan fingerprint density at radius 2 is 2.12 bits per heavy atom. The molecule has 0 amide bonds. The first-order valence-electron chi connectivity index (χ1n) is 6.63. The average molecular weight is 228 g/mol. The maximum atomic E-state index is 5.20. The molecule has 1 N–H and O–H groups in total. The number of rotatable bonds is 9. The van der Waals surface area contributed by atoms with E-state index in [2.05, 4.69) is 31.1 Å². The third kappa shape index (κ3) is 4.40. The number of likely N-dealkylation sites (N-methyl/N-ethyl adjacent to an activating group) is 1. The van der Waals surface area contributed by atoms with Crippen molar-refractivity contribution in [3.05, 3.63) is 0 Å². The number of ether oxygens (including phenoxy) is 1. The van der Waals surface area contributed by atoms with Crippen LogP contribution in [0.15, 0.2) is 0 Å². The first-order chi connectivity index (χ1) is 7.72. The highest BCUT2D eigenvalue weighted by molar-refractivity contribution is 4.88. The molecule has 3 nitrogen and oxygen atoms in total. The molecule has 0 spiro atoms. The number of hydrogen-bond acceptors (Lipinski definition) is 3. The number of methoxy groups -OCH3 is 1. The van der Waals surface area contributed by atoms with E-state index in [0.29, 0.717) is 12.1 Å². The second kappa shape index (κ2) is 7.25. The van der Waals surface area contributed by atoms with Crippen LogP contribution < -0.4 is 5.32 Å². The van der Waals surface area contributed by atoms with Gasteiger partial charge >= 0.3 is 0 Å². The van der Waals surface area contributed by atoms with E-state index in [1.54, 1.807) is 7.11 Å². The number of nitrogens with zero attached hydrogens (tertiary/aromatic N) is 1. The highest BCUT2D eigenvalue weighted by atomic mass is 16.5. The van der Waals surface area contributed by atoms with Crippen LogP contribution in [-0.2, 0) is 4.74 Å². The van der Waals surface area contributed by atoms with Crippen LogP contribution in [0.1, 0.15) is 33.1 Å². The van der Waals surface area contributed by atoms with Crippen molar-refractivity contribution in [3.63, 3.8) is 0 Å². The van der Waals surface area contributed by atoms with Crippen LogP contribution >= 0.6 is 0 Å². The zero-order chi connectivity index (χ0) is 12.0. The molecule has 0 bridgehead atoms. The quantitative estimate of drug-likeness (QED) is 0.650. The van der Waals surface area contributed by atoms with Crippen molar-refractivity contribution in [2.75, 3.05) is 33.9 Å². The van der Waals surface area contributed by atoms with Gasteiger partial charge in [0.1, 0.15) is 0 Å². The highest BCUT2D eigenvalue weighted by Gasteiger charge is 2.31. The zero-order valence-electron chi connectivity index (χ0n) is 11.3. The van der Waals surface area contributed by atoms with Crippen molar-refractivity contribution in [3.8, 4) is 0 Å². The van der Waals surface area contributed by atoms with Gasteiger partial charge in [-0.1, -0.05) is 6.92 Å². The molecule has 1 aliphatic rings. The molecule has 1 rings (SSSR count). The summed E-state index contributed by atoms with van der Waals surface area (Å²) in [6.45, 7) is 7.63. The summed E-state index contributed by atoms with van der Waals surface area (Å²) in [6, 6.07) is 1.33. The number of nitrogens with one attached hydrogen (secondary N) is 1. The molecule has 0 saturated heterocycles. The summed E-state index contributed by atoms with van der Waals surface area (Å²) in [5, 5.41) is 3.47. The van der Waals surface area contributed by atoms with Crippen LogP contribution in [0.4, 0.5) is 0 Å². The summed E-state index contributed by atoms with van der Waals surface area (Å²) in [7, 11) is 3.87. The minimum atomic E-state index is 0.657. The molecule has 0 aromatic rings. The first kappa shape index (κ1) is 13.9. The fraction of sp³-hybridized carbons (Fsp3) is 1.00. The van der Waals surface area contributed by atoms with Gasteiger partial charge in [-0.2, -0.15) is 0 Å². The Morgan fingerprint density at radius 3 is 2.56 bits per heavy atom. The maximum Gasteiger partial charge on any atom is 0.0589 e. The molecule has 96 valence electrons. The minimum Gasteiger partial charge on any atom is -0.383 e. The monoisotopic (exact) mass is 228 g/mol. The molecule has 2 unspecified atom stereocenters. The Labute approximate surface area is 101 Å². The van der Waals surface area contributed by atoms with E-state index >= 15 is 0 Å². The standard InChI is InChI=1S/C13H28N2O/c1-5-11(2)15(8-9-16-4)10-13(14-3)12-6-7-12/h11-14H,5-10H2,1-4H3. The van der Waals surface area contributed by atoms with Crippen LogP contribution in [0.2, 0.25) is 0 Å². The van der Waals surface area contributed by atoms with Crippen LogP contribution in [0.3, 0.4) is 0 Å². The van der Waals surface area contributed by atoms with Crippen LogP contribution in [0.25, 0.3) is 0 Å². The fourth-order valence-corrected chi connectivity index (χ4v) is 2.19. The van der Waals surface area contributed by atoms with Crippen molar-refractivity contribution in [1.82, 2.24) is 10.2 Å². The predicted molar refractivity (Wildman–Crippen MR) is 68.8 cm³/mol. The smallest absolute Gasteiger partial charge is 0.0589 e. The van der Waals surface area contributed by atoms with Gasteiger partial charge in [-0.3, -0.25) is 4.90 Å². The molecule has 0 radical (unpaired) electrons. The Morgan fingerprint density at radius 1 is 1.44 bits per heavy atom. The van der Waals surface area contributed by atoms with Crippen molar-refractivity contribution >= 4 is 0 Å². The van der Waals surface area contributed by atoms with Crippen LogP contribution in [0.5, 0.6) is 0 Å². The second-order valence-electron chi connectivity index (χ2n) is 4.98. The van der Waals surface area contributed by atoms with E-state index in [1.165, 1.54) is 25.8 Å². The van der Waals surface area contributed by atoms with E-state index in [4.69, 9.17) is 4.74 Å². The van der Waals surface area contributed by atoms with Gasteiger partial charge in [-0.05, 0) is 39.2 Å². The zero-order valence-corrected chi connectivity index (χ0v) is 11.3. The first-order valence-corrected chi connectivity index (χ1v) is 6.63. The van der Waals surface area contributed by atoms with Gasteiger partial charge in [-0.25, -0.2) is 0 Å². The maximum absolute atomic E-state index is 5.20. The molecular formula is C13H28N2O. The van der Waals surface area contributed by atoms with E-state index in [1.807, 2.05) is 0 Å². The van der Waals surface area contributed by atoms with Crippen molar-refractivity contribution in [2.45, 2.75) is 45.2 Å². The van der Waals surface area contributed by atoms with Crippen LogP contribution in [-0.4, -0.2) is 50.8 Å². The molecular weight excluding hydrogens is 200 g/mol. The third-order valence-electron chi connectivity index (χ3n) is 3.79. The highest BCUT2D eigenvalue weighted by Crippen LogP contribution is 2.33.